The Labute approximate surface area is 118 Å². The Morgan fingerprint density at radius 1 is 1.30 bits per heavy atom. The highest BCUT2D eigenvalue weighted by Gasteiger charge is 2.18. The Balaban J connectivity index is 2.36. The van der Waals surface area contributed by atoms with Crippen molar-refractivity contribution in [2.75, 3.05) is 4.72 Å². The Morgan fingerprint density at radius 3 is 2.55 bits per heavy atom. The van der Waals surface area contributed by atoms with E-state index in [1.165, 1.54) is 12.3 Å². The van der Waals surface area contributed by atoms with Crippen molar-refractivity contribution >= 4 is 15.7 Å². The summed E-state index contributed by atoms with van der Waals surface area (Å²) in [7, 11) is -3.64. The third-order valence-corrected chi connectivity index (χ3v) is 4.50. The number of aliphatic hydroxyl groups is 1. The molecule has 0 saturated heterocycles. The summed E-state index contributed by atoms with van der Waals surface area (Å²) >= 11 is 0. The number of rotatable bonds is 5. The third-order valence-electron chi connectivity index (χ3n) is 3.16. The highest BCUT2D eigenvalue weighted by molar-refractivity contribution is 7.92. The summed E-state index contributed by atoms with van der Waals surface area (Å²) in [5.74, 6) is 0. The molecule has 0 fully saturated rings. The predicted octanol–water partition coefficient (Wildman–Crippen LogP) is 2.11. The summed E-state index contributed by atoms with van der Waals surface area (Å²) in [6, 6.07) is 8.68. The standard InChI is InChI=1S/C14H18N2O3S/c1-3-16-9-13(8-12(16)10-17)20(18,19)15-14-7-5-4-6-11(14)2/h4-9,15,17H,3,10H2,1-2H3. The van der Waals surface area contributed by atoms with Gasteiger partial charge in [-0.1, -0.05) is 18.2 Å². The van der Waals surface area contributed by atoms with Gasteiger partial charge in [-0.25, -0.2) is 8.42 Å². The van der Waals surface area contributed by atoms with E-state index in [9.17, 15) is 13.5 Å². The lowest BCUT2D eigenvalue weighted by Crippen LogP contribution is -2.13. The fourth-order valence-corrected chi connectivity index (χ4v) is 3.18. The zero-order chi connectivity index (χ0) is 14.8. The number of aryl methyl sites for hydroxylation is 2. The number of hydrogen-bond donors (Lipinski definition) is 2. The van der Waals surface area contributed by atoms with Gasteiger partial charge in [-0.2, -0.15) is 0 Å². The largest absolute Gasteiger partial charge is 0.390 e. The predicted molar refractivity (Wildman–Crippen MR) is 78.0 cm³/mol. The van der Waals surface area contributed by atoms with Crippen molar-refractivity contribution < 1.29 is 13.5 Å². The molecule has 5 nitrogen and oxygen atoms in total. The number of para-hydroxylation sites is 1. The van der Waals surface area contributed by atoms with Gasteiger partial charge in [-0.05, 0) is 31.5 Å². The second-order valence-corrected chi connectivity index (χ2v) is 6.21. The first-order valence-electron chi connectivity index (χ1n) is 6.36. The molecule has 2 rings (SSSR count). The summed E-state index contributed by atoms with van der Waals surface area (Å²) in [5.41, 5.74) is 1.99. The molecule has 0 radical (unpaired) electrons. The third kappa shape index (κ3) is 2.86. The molecule has 1 heterocycles. The molecular formula is C14H18N2O3S. The van der Waals surface area contributed by atoms with Crippen molar-refractivity contribution in [3.63, 3.8) is 0 Å². The van der Waals surface area contributed by atoms with E-state index in [0.717, 1.165) is 5.56 Å². The van der Waals surface area contributed by atoms with E-state index in [1.807, 2.05) is 26.0 Å². The number of anilines is 1. The van der Waals surface area contributed by atoms with Gasteiger partial charge >= 0.3 is 0 Å². The quantitative estimate of drug-likeness (QED) is 0.887. The minimum Gasteiger partial charge on any atom is -0.390 e. The molecule has 20 heavy (non-hydrogen) atoms. The average molecular weight is 294 g/mol. The highest BCUT2D eigenvalue weighted by atomic mass is 32.2. The summed E-state index contributed by atoms with van der Waals surface area (Å²) in [5, 5.41) is 9.23. The number of aromatic nitrogens is 1. The number of aliphatic hydroxyl groups excluding tert-OH is 1. The van der Waals surface area contributed by atoms with Gasteiger partial charge in [0.25, 0.3) is 10.0 Å². The van der Waals surface area contributed by atoms with Crippen LogP contribution in [0.1, 0.15) is 18.2 Å². The highest BCUT2D eigenvalue weighted by Crippen LogP contribution is 2.21. The monoisotopic (exact) mass is 294 g/mol. The van der Waals surface area contributed by atoms with Crippen molar-refractivity contribution in [2.24, 2.45) is 0 Å². The van der Waals surface area contributed by atoms with Crippen LogP contribution in [0.4, 0.5) is 5.69 Å². The maximum Gasteiger partial charge on any atom is 0.263 e. The van der Waals surface area contributed by atoms with E-state index in [-0.39, 0.29) is 11.5 Å². The van der Waals surface area contributed by atoms with Crippen LogP contribution in [-0.2, 0) is 23.2 Å². The molecular weight excluding hydrogens is 276 g/mol. The van der Waals surface area contributed by atoms with Crippen molar-refractivity contribution in [1.82, 2.24) is 4.57 Å². The SMILES string of the molecule is CCn1cc(S(=O)(=O)Nc2ccccc2C)cc1CO. The first kappa shape index (κ1) is 14.6. The molecule has 0 aliphatic heterocycles. The molecule has 2 N–H and O–H groups in total. The summed E-state index contributed by atoms with van der Waals surface area (Å²) in [6.45, 7) is 4.15. The van der Waals surface area contributed by atoms with E-state index >= 15 is 0 Å². The molecule has 0 amide bonds. The first-order valence-corrected chi connectivity index (χ1v) is 7.84. The lowest BCUT2D eigenvalue weighted by atomic mass is 10.2. The molecule has 0 saturated carbocycles. The Hall–Kier alpha value is -1.79. The molecule has 6 heteroatoms. The average Bonchev–Trinajstić information content (AvgIpc) is 2.85. The van der Waals surface area contributed by atoms with E-state index in [1.54, 1.807) is 16.7 Å². The van der Waals surface area contributed by atoms with Crippen molar-refractivity contribution in [3.8, 4) is 0 Å². The number of nitrogens with zero attached hydrogens (tertiary/aromatic N) is 1. The summed E-state index contributed by atoms with van der Waals surface area (Å²) in [6.07, 6.45) is 1.53. The molecule has 0 atom stereocenters. The van der Waals surface area contributed by atoms with Gasteiger partial charge in [0.15, 0.2) is 0 Å². The van der Waals surface area contributed by atoms with Crippen LogP contribution >= 0.6 is 0 Å². The zero-order valence-corrected chi connectivity index (χ0v) is 12.3. The topological polar surface area (TPSA) is 71.3 Å². The van der Waals surface area contributed by atoms with Gasteiger partial charge in [-0.3, -0.25) is 4.72 Å². The van der Waals surface area contributed by atoms with Gasteiger partial charge in [0.2, 0.25) is 0 Å². The molecule has 1 aromatic carbocycles. The maximum atomic E-state index is 12.3. The molecule has 0 aliphatic rings. The number of nitrogens with one attached hydrogen (secondary N) is 1. The fraction of sp³-hybridized carbons (Fsp3) is 0.286. The zero-order valence-electron chi connectivity index (χ0n) is 11.5. The van der Waals surface area contributed by atoms with Crippen LogP contribution in [0.15, 0.2) is 41.4 Å². The number of hydrogen-bond acceptors (Lipinski definition) is 3. The Kier molecular flexibility index (Phi) is 4.15. The lowest BCUT2D eigenvalue weighted by molar-refractivity contribution is 0.271. The van der Waals surface area contributed by atoms with Crippen LogP contribution in [0.25, 0.3) is 0 Å². The van der Waals surface area contributed by atoms with Crippen LogP contribution in [-0.4, -0.2) is 18.1 Å². The normalized spacial score (nSPS) is 11.6. The molecule has 0 aliphatic carbocycles. The molecule has 2 aromatic rings. The molecule has 108 valence electrons. The number of benzene rings is 1. The van der Waals surface area contributed by atoms with Crippen LogP contribution in [0.2, 0.25) is 0 Å². The fourth-order valence-electron chi connectivity index (χ4n) is 1.99. The second-order valence-electron chi connectivity index (χ2n) is 4.53. The van der Waals surface area contributed by atoms with Gasteiger partial charge in [0, 0.05) is 18.4 Å². The van der Waals surface area contributed by atoms with Crippen molar-refractivity contribution in [3.05, 3.63) is 47.8 Å². The molecule has 0 unspecified atom stereocenters. The van der Waals surface area contributed by atoms with Gasteiger partial charge in [0.05, 0.1) is 12.3 Å². The van der Waals surface area contributed by atoms with E-state index in [4.69, 9.17) is 0 Å². The molecule has 1 aromatic heterocycles. The van der Waals surface area contributed by atoms with E-state index < -0.39 is 10.0 Å². The smallest absolute Gasteiger partial charge is 0.263 e. The van der Waals surface area contributed by atoms with E-state index in [2.05, 4.69) is 4.72 Å². The van der Waals surface area contributed by atoms with E-state index in [0.29, 0.717) is 17.9 Å². The summed E-state index contributed by atoms with van der Waals surface area (Å²) < 4.78 is 29.0. The van der Waals surface area contributed by atoms with Gasteiger partial charge in [0.1, 0.15) is 4.90 Å². The minimum absolute atomic E-state index is 0.159. The Morgan fingerprint density at radius 2 is 2.00 bits per heavy atom. The van der Waals surface area contributed by atoms with Crippen molar-refractivity contribution in [2.45, 2.75) is 31.9 Å². The first-order chi connectivity index (χ1) is 9.47. The Bertz CT molecular complexity index is 683. The number of sulfonamides is 1. The van der Waals surface area contributed by atoms with Crippen LogP contribution in [0.3, 0.4) is 0 Å². The summed E-state index contributed by atoms with van der Waals surface area (Å²) in [4.78, 5) is 0.159. The van der Waals surface area contributed by atoms with Crippen LogP contribution in [0, 0.1) is 6.92 Å². The second kappa shape index (κ2) is 5.68. The maximum absolute atomic E-state index is 12.3. The van der Waals surface area contributed by atoms with Gasteiger partial charge < -0.3 is 9.67 Å². The molecule has 0 spiro atoms. The molecule has 0 bridgehead atoms. The van der Waals surface area contributed by atoms with Crippen LogP contribution in [0.5, 0.6) is 0 Å². The lowest BCUT2D eigenvalue weighted by Gasteiger charge is -2.08. The minimum atomic E-state index is -3.64. The van der Waals surface area contributed by atoms with Crippen molar-refractivity contribution in [1.29, 1.82) is 0 Å². The van der Waals surface area contributed by atoms with Gasteiger partial charge in [-0.15, -0.1) is 0 Å². The van der Waals surface area contributed by atoms with Crippen LogP contribution < -0.4 is 4.72 Å².